The quantitative estimate of drug-likeness (QED) is 0.734. The summed E-state index contributed by atoms with van der Waals surface area (Å²) in [5, 5.41) is 0.987. The highest BCUT2D eigenvalue weighted by Crippen LogP contribution is 2.35. The van der Waals surface area contributed by atoms with Crippen molar-refractivity contribution in [2.75, 3.05) is 0 Å². The van der Waals surface area contributed by atoms with Crippen LogP contribution in [0, 0.1) is 24.7 Å². The average molecular weight is 237 g/mol. The van der Waals surface area contributed by atoms with E-state index in [4.69, 9.17) is 0 Å². The summed E-state index contributed by atoms with van der Waals surface area (Å²) in [5.74, 6) is 2.01. The number of thiazole rings is 1. The number of Topliss-reactive ketones (excluding diaryl/α,β-unsaturated/α-hetero) is 1. The van der Waals surface area contributed by atoms with E-state index in [2.05, 4.69) is 18.8 Å². The Morgan fingerprint density at radius 3 is 2.69 bits per heavy atom. The summed E-state index contributed by atoms with van der Waals surface area (Å²) >= 11 is 1.53. The minimum atomic E-state index is 0.242. The molecule has 3 atom stereocenters. The number of aromatic nitrogens is 1. The molecule has 88 valence electrons. The van der Waals surface area contributed by atoms with E-state index in [1.807, 2.05) is 6.92 Å². The van der Waals surface area contributed by atoms with Gasteiger partial charge in [-0.2, -0.15) is 0 Å². The van der Waals surface area contributed by atoms with Crippen LogP contribution in [0.25, 0.3) is 0 Å². The molecule has 0 saturated heterocycles. The van der Waals surface area contributed by atoms with Crippen LogP contribution in [0.2, 0.25) is 0 Å². The van der Waals surface area contributed by atoms with Crippen molar-refractivity contribution in [2.24, 2.45) is 17.8 Å². The second-order valence-corrected chi connectivity index (χ2v) is 6.31. The van der Waals surface area contributed by atoms with Gasteiger partial charge in [-0.1, -0.05) is 13.8 Å². The summed E-state index contributed by atoms with van der Waals surface area (Å²) in [6.07, 6.45) is 5.04. The molecule has 0 spiro atoms. The summed E-state index contributed by atoms with van der Waals surface area (Å²) in [7, 11) is 0. The number of carbonyl (C=O) groups is 1. The fourth-order valence-electron chi connectivity index (χ4n) is 2.46. The molecule has 0 bridgehead atoms. The molecule has 0 radical (unpaired) electrons. The maximum atomic E-state index is 12.2. The molecular formula is C13H19NOS. The van der Waals surface area contributed by atoms with Crippen LogP contribution in [0.3, 0.4) is 0 Å². The molecule has 16 heavy (non-hydrogen) atoms. The number of nitrogens with zero attached hydrogens (tertiary/aromatic N) is 1. The SMILES string of the molecule is Cc1ncc(C(=O)C2CCC(C)C(C)C2)s1. The van der Waals surface area contributed by atoms with Crippen molar-refractivity contribution in [1.29, 1.82) is 0 Å². The Morgan fingerprint density at radius 2 is 2.12 bits per heavy atom. The smallest absolute Gasteiger partial charge is 0.177 e. The highest BCUT2D eigenvalue weighted by Gasteiger charge is 2.30. The Kier molecular flexibility index (Phi) is 3.43. The predicted octanol–water partition coefficient (Wildman–Crippen LogP) is 3.71. The molecule has 1 heterocycles. The number of ketones is 1. The zero-order valence-electron chi connectivity index (χ0n) is 10.2. The van der Waals surface area contributed by atoms with Gasteiger partial charge >= 0.3 is 0 Å². The third-order valence-corrected chi connectivity index (χ3v) is 4.76. The molecule has 1 aromatic heterocycles. The fourth-order valence-corrected chi connectivity index (χ4v) is 3.26. The van der Waals surface area contributed by atoms with Crippen molar-refractivity contribution in [3.8, 4) is 0 Å². The minimum Gasteiger partial charge on any atom is -0.293 e. The molecule has 2 nitrogen and oxygen atoms in total. The van der Waals surface area contributed by atoms with E-state index in [1.165, 1.54) is 17.8 Å². The van der Waals surface area contributed by atoms with Gasteiger partial charge in [-0.3, -0.25) is 4.79 Å². The summed E-state index contributed by atoms with van der Waals surface area (Å²) in [5.41, 5.74) is 0. The normalized spacial score (nSPS) is 30.3. The molecule has 1 fully saturated rings. The fraction of sp³-hybridized carbons (Fsp3) is 0.692. The Balaban J connectivity index is 2.06. The van der Waals surface area contributed by atoms with Crippen LogP contribution < -0.4 is 0 Å². The van der Waals surface area contributed by atoms with Crippen molar-refractivity contribution in [2.45, 2.75) is 40.0 Å². The van der Waals surface area contributed by atoms with Gasteiger partial charge in [0.25, 0.3) is 0 Å². The molecule has 1 saturated carbocycles. The van der Waals surface area contributed by atoms with Crippen LogP contribution in [-0.2, 0) is 0 Å². The Labute approximate surface area is 101 Å². The van der Waals surface area contributed by atoms with Crippen LogP contribution in [0.5, 0.6) is 0 Å². The topological polar surface area (TPSA) is 30.0 Å². The zero-order chi connectivity index (χ0) is 11.7. The molecule has 2 rings (SSSR count). The summed E-state index contributed by atoms with van der Waals surface area (Å²) in [6.45, 7) is 6.51. The van der Waals surface area contributed by atoms with Crippen molar-refractivity contribution in [1.82, 2.24) is 4.98 Å². The second kappa shape index (κ2) is 4.66. The molecule has 0 aliphatic heterocycles. The van der Waals surface area contributed by atoms with Crippen LogP contribution in [0.4, 0.5) is 0 Å². The molecule has 1 aliphatic rings. The van der Waals surface area contributed by atoms with Gasteiger partial charge in [0.05, 0.1) is 9.88 Å². The third kappa shape index (κ3) is 2.34. The van der Waals surface area contributed by atoms with Gasteiger partial charge in [0.15, 0.2) is 5.78 Å². The second-order valence-electron chi connectivity index (χ2n) is 5.07. The van der Waals surface area contributed by atoms with Crippen molar-refractivity contribution in [3.05, 3.63) is 16.1 Å². The van der Waals surface area contributed by atoms with E-state index in [0.29, 0.717) is 11.7 Å². The van der Waals surface area contributed by atoms with Crippen molar-refractivity contribution >= 4 is 17.1 Å². The third-order valence-electron chi connectivity index (χ3n) is 3.83. The van der Waals surface area contributed by atoms with Gasteiger partial charge < -0.3 is 0 Å². The van der Waals surface area contributed by atoms with Gasteiger partial charge in [-0.25, -0.2) is 4.98 Å². The molecule has 0 amide bonds. The van der Waals surface area contributed by atoms with Gasteiger partial charge in [0.2, 0.25) is 0 Å². The maximum absolute atomic E-state index is 12.2. The van der Waals surface area contributed by atoms with Crippen molar-refractivity contribution < 1.29 is 4.79 Å². The Hall–Kier alpha value is -0.700. The molecular weight excluding hydrogens is 218 g/mol. The number of rotatable bonds is 2. The van der Waals surface area contributed by atoms with Gasteiger partial charge in [-0.05, 0) is 38.0 Å². The largest absolute Gasteiger partial charge is 0.293 e. The molecule has 3 heteroatoms. The standard InChI is InChI=1S/C13H19NOS/c1-8-4-5-11(6-9(8)2)13(15)12-7-14-10(3)16-12/h7-9,11H,4-6H2,1-3H3. The first-order valence-electron chi connectivity index (χ1n) is 6.04. The molecule has 0 N–H and O–H groups in total. The summed E-state index contributed by atoms with van der Waals surface area (Å²) < 4.78 is 0. The van der Waals surface area contributed by atoms with E-state index in [9.17, 15) is 4.79 Å². The first-order valence-corrected chi connectivity index (χ1v) is 6.86. The average Bonchev–Trinajstić information content (AvgIpc) is 2.68. The Morgan fingerprint density at radius 1 is 1.38 bits per heavy atom. The molecule has 0 aromatic carbocycles. The monoisotopic (exact) mass is 237 g/mol. The zero-order valence-corrected chi connectivity index (χ0v) is 11.0. The van der Waals surface area contributed by atoms with Gasteiger partial charge in [-0.15, -0.1) is 11.3 Å². The highest BCUT2D eigenvalue weighted by molar-refractivity contribution is 7.13. The van der Waals surface area contributed by atoms with Crippen LogP contribution in [-0.4, -0.2) is 10.8 Å². The number of carbonyl (C=O) groups excluding carboxylic acids is 1. The van der Waals surface area contributed by atoms with E-state index < -0.39 is 0 Å². The van der Waals surface area contributed by atoms with Crippen molar-refractivity contribution in [3.63, 3.8) is 0 Å². The molecule has 1 aromatic rings. The maximum Gasteiger partial charge on any atom is 0.177 e. The molecule has 1 aliphatic carbocycles. The lowest BCUT2D eigenvalue weighted by Crippen LogP contribution is -2.26. The number of aryl methyl sites for hydroxylation is 1. The highest BCUT2D eigenvalue weighted by atomic mass is 32.1. The van der Waals surface area contributed by atoms with Crippen LogP contribution in [0.15, 0.2) is 6.20 Å². The Bertz CT molecular complexity index is 385. The molecule has 3 unspecified atom stereocenters. The van der Waals surface area contributed by atoms with E-state index in [0.717, 1.165) is 28.6 Å². The summed E-state index contributed by atoms with van der Waals surface area (Å²) in [6, 6.07) is 0. The van der Waals surface area contributed by atoms with E-state index in [-0.39, 0.29) is 5.92 Å². The summed E-state index contributed by atoms with van der Waals surface area (Å²) in [4.78, 5) is 17.3. The van der Waals surface area contributed by atoms with Crippen LogP contribution in [0.1, 0.15) is 47.8 Å². The van der Waals surface area contributed by atoms with Crippen LogP contribution >= 0.6 is 11.3 Å². The van der Waals surface area contributed by atoms with Gasteiger partial charge in [0, 0.05) is 12.1 Å². The lowest BCUT2D eigenvalue weighted by molar-refractivity contribution is 0.0841. The first kappa shape index (κ1) is 11.8. The number of hydrogen-bond acceptors (Lipinski definition) is 3. The van der Waals surface area contributed by atoms with Gasteiger partial charge in [0.1, 0.15) is 0 Å². The minimum absolute atomic E-state index is 0.242. The number of hydrogen-bond donors (Lipinski definition) is 0. The predicted molar refractivity (Wildman–Crippen MR) is 66.9 cm³/mol. The first-order chi connectivity index (χ1) is 7.58. The lowest BCUT2D eigenvalue weighted by Gasteiger charge is -2.30. The van der Waals surface area contributed by atoms with E-state index >= 15 is 0 Å². The lowest BCUT2D eigenvalue weighted by atomic mass is 9.74. The van der Waals surface area contributed by atoms with E-state index in [1.54, 1.807) is 6.20 Å².